The monoisotopic (exact) mass is 323 g/mol. The second kappa shape index (κ2) is 7.93. The molecule has 24 heavy (non-hydrogen) atoms. The van der Waals surface area contributed by atoms with Crippen molar-refractivity contribution in [2.24, 2.45) is 0 Å². The molecule has 0 amide bonds. The van der Waals surface area contributed by atoms with Crippen LogP contribution in [-0.4, -0.2) is 6.54 Å². The molecular weight excluding hydrogens is 301 g/mol. The van der Waals surface area contributed by atoms with E-state index in [2.05, 4.69) is 36.5 Å². The summed E-state index contributed by atoms with van der Waals surface area (Å²) in [6.07, 6.45) is 2.67. The Hall–Kier alpha value is -2.39. The molecule has 0 unspecified atom stereocenters. The second-order valence-electron chi connectivity index (χ2n) is 6.07. The van der Waals surface area contributed by atoms with Crippen molar-refractivity contribution in [2.75, 3.05) is 6.54 Å². The number of rotatable bonds is 7. The zero-order valence-electron chi connectivity index (χ0n) is 13.8. The Balaban J connectivity index is 1.60. The topological polar surface area (TPSA) is 25.2 Å². The summed E-state index contributed by atoms with van der Waals surface area (Å²) >= 11 is 0. The van der Waals surface area contributed by atoms with Crippen LogP contribution in [0.3, 0.4) is 0 Å². The Bertz CT molecular complexity index is 733. The van der Waals surface area contributed by atoms with Crippen molar-refractivity contribution >= 4 is 0 Å². The molecular formula is C21H22FNO. The molecule has 0 aliphatic heterocycles. The van der Waals surface area contributed by atoms with Crippen LogP contribution in [0, 0.1) is 12.7 Å². The van der Waals surface area contributed by atoms with Crippen molar-refractivity contribution in [3.8, 4) is 0 Å². The summed E-state index contributed by atoms with van der Waals surface area (Å²) in [5.41, 5.74) is 3.60. The average Bonchev–Trinajstić information content (AvgIpc) is 3.12. The highest BCUT2D eigenvalue weighted by molar-refractivity contribution is 5.30. The molecule has 2 aromatic carbocycles. The van der Waals surface area contributed by atoms with Gasteiger partial charge in [0.25, 0.3) is 0 Å². The fraction of sp³-hybridized carbons (Fsp3) is 0.238. The number of nitrogens with one attached hydrogen (secondary N) is 1. The molecule has 3 heteroatoms. The van der Waals surface area contributed by atoms with Gasteiger partial charge in [-0.2, -0.15) is 0 Å². The molecule has 0 saturated carbocycles. The van der Waals surface area contributed by atoms with Gasteiger partial charge >= 0.3 is 0 Å². The third kappa shape index (κ3) is 4.33. The Labute approximate surface area is 142 Å². The highest BCUT2D eigenvalue weighted by Gasteiger charge is 2.16. The second-order valence-corrected chi connectivity index (χ2v) is 6.07. The van der Waals surface area contributed by atoms with E-state index in [1.807, 2.05) is 24.3 Å². The Morgan fingerprint density at radius 3 is 2.42 bits per heavy atom. The molecule has 0 spiro atoms. The molecule has 3 rings (SSSR count). The van der Waals surface area contributed by atoms with E-state index in [1.54, 1.807) is 6.26 Å². The summed E-state index contributed by atoms with van der Waals surface area (Å²) in [6, 6.07) is 19.2. The van der Waals surface area contributed by atoms with Gasteiger partial charge in [-0.25, -0.2) is 4.39 Å². The van der Waals surface area contributed by atoms with Gasteiger partial charge in [-0.05, 0) is 55.3 Å². The first kappa shape index (κ1) is 16.5. The van der Waals surface area contributed by atoms with E-state index in [9.17, 15) is 4.39 Å². The molecule has 0 aliphatic carbocycles. The third-order valence-electron chi connectivity index (χ3n) is 4.22. The van der Waals surface area contributed by atoms with Crippen molar-refractivity contribution in [3.63, 3.8) is 0 Å². The van der Waals surface area contributed by atoms with Crippen molar-refractivity contribution in [1.82, 2.24) is 5.32 Å². The Morgan fingerprint density at radius 1 is 1.00 bits per heavy atom. The van der Waals surface area contributed by atoms with Crippen molar-refractivity contribution in [3.05, 3.63) is 95.2 Å². The normalized spacial score (nSPS) is 12.2. The molecule has 0 saturated heterocycles. The third-order valence-corrected chi connectivity index (χ3v) is 4.22. The zero-order valence-corrected chi connectivity index (χ0v) is 13.8. The first-order valence-electron chi connectivity index (χ1n) is 8.27. The molecule has 124 valence electrons. The lowest BCUT2D eigenvalue weighted by Gasteiger charge is -2.16. The van der Waals surface area contributed by atoms with Crippen molar-refractivity contribution in [2.45, 2.75) is 25.8 Å². The largest absolute Gasteiger partial charge is 0.469 e. The van der Waals surface area contributed by atoms with Gasteiger partial charge in [0.1, 0.15) is 11.6 Å². The van der Waals surface area contributed by atoms with Crippen molar-refractivity contribution < 1.29 is 8.81 Å². The van der Waals surface area contributed by atoms with Crippen LogP contribution in [0.4, 0.5) is 4.39 Å². The quantitative estimate of drug-likeness (QED) is 0.616. The maximum atomic E-state index is 12.9. The van der Waals surface area contributed by atoms with Crippen LogP contribution in [0.5, 0.6) is 0 Å². The number of hydrogen-bond donors (Lipinski definition) is 1. The highest BCUT2D eigenvalue weighted by atomic mass is 19.1. The number of aryl methyl sites for hydroxylation is 1. The van der Waals surface area contributed by atoms with Gasteiger partial charge in [-0.15, -0.1) is 0 Å². The van der Waals surface area contributed by atoms with E-state index < -0.39 is 0 Å². The highest BCUT2D eigenvalue weighted by Crippen LogP contribution is 2.28. The van der Waals surface area contributed by atoms with E-state index in [0.717, 1.165) is 30.8 Å². The maximum absolute atomic E-state index is 12.9. The summed E-state index contributed by atoms with van der Waals surface area (Å²) in [5.74, 6) is 1.03. The van der Waals surface area contributed by atoms with Crippen LogP contribution < -0.4 is 5.32 Å². The van der Waals surface area contributed by atoms with Crippen LogP contribution in [-0.2, 0) is 6.54 Å². The van der Waals surface area contributed by atoms with Gasteiger partial charge in [0.2, 0.25) is 0 Å². The standard InChI is InChI=1S/C21H22FNO/c1-16-4-8-18(9-5-16)20(21-3-2-14-24-21)12-13-23-15-17-6-10-19(22)11-7-17/h2-11,14,20,23H,12-13,15H2,1H3/t20-/m1/s1. The van der Waals surface area contributed by atoms with Gasteiger partial charge in [0.05, 0.1) is 6.26 Å². The fourth-order valence-corrected chi connectivity index (χ4v) is 2.84. The molecule has 1 N–H and O–H groups in total. The lowest BCUT2D eigenvalue weighted by atomic mass is 9.92. The van der Waals surface area contributed by atoms with Gasteiger partial charge in [-0.1, -0.05) is 42.0 Å². The zero-order chi connectivity index (χ0) is 16.8. The number of halogens is 1. The Kier molecular flexibility index (Phi) is 5.44. The number of furan rings is 1. The lowest BCUT2D eigenvalue weighted by molar-refractivity contribution is 0.466. The molecule has 0 aliphatic rings. The van der Waals surface area contributed by atoms with E-state index in [-0.39, 0.29) is 11.7 Å². The minimum Gasteiger partial charge on any atom is -0.469 e. The average molecular weight is 323 g/mol. The summed E-state index contributed by atoms with van der Waals surface area (Å²) in [6.45, 7) is 3.69. The van der Waals surface area contributed by atoms with Crippen molar-refractivity contribution in [1.29, 1.82) is 0 Å². The molecule has 1 heterocycles. The van der Waals surface area contributed by atoms with Gasteiger partial charge < -0.3 is 9.73 Å². The summed E-state index contributed by atoms with van der Waals surface area (Å²) in [4.78, 5) is 0. The van der Waals surface area contributed by atoms with Gasteiger partial charge in [0.15, 0.2) is 0 Å². The number of benzene rings is 2. The molecule has 3 aromatic rings. The summed E-state index contributed by atoms with van der Waals surface area (Å²) < 4.78 is 18.6. The molecule has 0 bridgehead atoms. The predicted molar refractivity (Wildman–Crippen MR) is 94.5 cm³/mol. The summed E-state index contributed by atoms with van der Waals surface area (Å²) in [5, 5.41) is 3.43. The van der Waals surface area contributed by atoms with E-state index >= 15 is 0 Å². The van der Waals surface area contributed by atoms with E-state index in [1.165, 1.54) is 23.3 Å². The molecule has 0 radical (unpaired) electrons. The SMILES string of the molecule is Cc1ccc([C@@H](CCNCc2ccc(F)cc2)c2ccco2)cc1. The fourth-order valence-electron chi connectivity index (χ4n) is 2.84. The van der Waals surface area contributed by atoms with Crippen LogP contribution in [0.15, 0.2) is 71.3 Å². The molecule has 2 nitrogen and oxygen atoms in total. The first-order chi connectivity index (χ1) is 11.7. The summed E-state index contributed by atoms with van der Waals surface area (Å²) in [7, 11) is 0. The smallest absolute Gasteiger partial charge is 0.123 e. The molecule has 1 aromatic heterocycles. The number of hydrogen-bond acceptors (Lipinski definition) is 2. The van der Waals surface area contributed by atoms with Crippen LogP contribution in [0.1, 0.15) is 34.8 Å². The molecule has 1 atom stereocenters. The first-order valence-corrected chi connectivity index (χ1v) is 8.27. The van der Waals surface area contributed by atoms with Crippen LogP contribution in [0.25, 0.3) is 0 Å². The van der Waals surface area contributed by atoms with Crippen LogP contribution in [0.2, 0.25) is 0 Å². The van der Waals surface area contributed by atoms with Crippen LogP contribution >= 0.6 is 0 Å². The minimum absolute atomic E-state index is 0.198. The Morgan fingerprint density at radius 2 is 1.75 bits per heavy atom. The van der Waals surface area contributed by atoms with Gasteiger partial charge in [-0.3, -0.25) is 0 Å². The minimum atomic E-state index is -0.198. The maximum Gasteiger partial charge on any atom is 0.123 e. The molecule has 0 fully saturated rings. The predicted octanol–water partition coefficient (Wildman–Crippen LogP) is 5.04. The lowest BCUT2D eigenvalue weighted by Crippen LogP contribution is -2.17. The van der Waals surface area contributed by atoms with Gasteiger partial charge in [0, 0.05) is 12.5 Å². The van der Waals surface area contributed by atoms with E-state index in [4.69, 9.17) is 4.42 Å². The van der Waals surface area contributed by atoms with E-state index in [0.29, 0.717) is 0 Å².